The van der Waals surface area contributed by atoms with E-state index >= 15 is 0 Å². The molecule has 0 heterocycles. The van der Waals surface area contributed by atoms with Gasteiger partial charge in [0.25, 0.3) is 0 Å². The molecule has 0 aliphatic rings. The van der Waals surface area contributed by atoms with E-state index in [1.165, 1.54) is 5.57 Å². The molecule has 0 atom stereocenters. The van der Waals surface area contributed by atoms with Gasteiger partial charge < -0.3 is 4.74 Å². The van der Waals surface area contributed by atoms with Gasteiger partial charge in [0, 0.05) is 6.08 Å². The molecule has 0 unspecified atom stereocenters. The predicted octanol–water partition coefficient (Wildman–Crippen LogP) is 3.80. The molecule has 0 spiro atoms. The first-order chi connectivity index (χ1) is 7.01. The maximum Gasteiger partial charge on any atom is 0.212 e. The summed E-state index contributed by atoms with van der Waals surface area (Å²) < 4.78 is 5.53. The number of allylic oxidation sites excluding steroid dienone is 3. The Morgan fingerprint density at radius 3 is 2.27 bits per heavy atom. The van der Waals surface area contributed by atoms with Gasteiger partial charge in [0.2, 0.25) is 5.88 Å². The van der Waals surface area contributed by atoms with E-state index in [2.05, 4.69) is 45.5 Å². The molecule has 0 amide bonds. The van der Waals surface area contributed by atoms with Crippen molar-refractivity contribution >= 4 is 6.72 Å². The minimum absolute atomic E-state index is 0.481. The van der Waals surface area contributed by atoms with Crippen molar-refractivity contribution in [3.05, 3.63) is 23.6 Å². The van der Waals surface area contributed by atoms with Crippen LogP contribution >= 0.6 is 0 Å². The molecule has 0 aromatic carbocycles. The van der Waals surface area contributed by atoms with Crippen molar-refractivity contribution in [1.29, 1.82) is 0 Å². The van der Waals surface area contributed by atoms with Gasteiger partial charge in [0.15, 0.2) is 0 Å². The van der Waals surface area contributed by atoms with Crippen molar-refractivity contribution in [3.63, 3.8) is 0 Å². The van der Waals surface area contributed by atoms with Crippen molar-refractivity contribution in [1.82, 2.24) is 0 Å². The van der Waals surface area contributed by atoms with Crippen LogP contribution in [0.4, 0.5) is 0 Å². The van der Waals surface area contributed by atoms with Gasteiger partial charge in [0.1, 0.15) is 0 Å². The second-order valence-electron chi connectivity index (χ2n) is 4.29. The van der Waals surface area contributed by atoms with Crippen LogP contribution in [-0.2, 0) is 4.74 Å². The van der Waals surface area contributed by atoms with Gasteiger partial charge in [-0.15, -0.1) is 0 Å². The average Bonchev–Trinajstić information content (AvgIpc) is 2.17. The van der Waals surface area contributed by atoms with E-state index in [1.807, 2.05) is 13.0 Å². The Morgan fingerprint density at radius 1 is 1.33 bits per heavy atom. The van der Waals surface area contributed by atoms with Crippen molar-refractivity contribution in [2.45, 2.75) is 34.6 Å². The fourth-order valence-corrected chi connectivity index (χ4v) is 1.11. The smallest absolute Gasteiger partial charge is 0.212 e. The SMILES string of the molecule is C=N/C(=C\C(=C/C)C(C)C)OCC(C)C. The maximum atomic E-state index is 5.53. The van der Waals surface area contributed by atoms with Crippen LogP contribution in [0.25, 0.3) is 0 Å². The highest BCUT2D eigenvalue weighted by atomic mass is 16.5. The van der Waals surface area contributed by atoms with Crippen molar-refractivity contribution in [3.8, 4) is 0 Å². The Morgan fingerprint density at radius 2 is 1.93 bits per heavy atom. The lowest BCUT2D eigenvalue weighted by Crippen LogP contribution is -2.01. The van der Waals surface area contributed by atoms with Crippen LogP contribution in [0, 0.1) is 11.8 Å². The Bertz CT molecular complexity index is 249. The van der Waals surface area contributed by atoms with Gasteiger partial charge in [-0.3, -0.25) is 0 Å². The first-order valence-electron chi connectivity index (χ1n) is 5.48. The third-order valence-electron chi connectivity index (χ3n) is 2.01. The van der Waals surface area contributed by atoms with Crippen LogP contribution < -0.4 is 0 Å². The largest absolute Gasteiger partial charge is 0.477 e. The van der Waals surface area contributed by atoms with Gasteiger partial charge in [-0.25, -0.2) is 4.99 Å². The third kappa shape index (κ3) is 6.10. The van der Waals surface area contributed by atoms with Gasteiger partial charge in [-0.05, 0) is 31.1 Å². The highest BCUT2D eigenvalue weighted by molar-refractivity contribution is 5.30. The quantitative estimate of drug-likeness (QED) is 0.370. The Labute approximate surface area is 93.7 Å². The van der Waals surface area contributed by atoms with E-state index in [0.717, 1.165) is 0 Å². The Balaban J connectivity index is 4.50. The van der Waals surface area contributed by atoms with E-state index in [1.54, 1.807) is 0 Å². The van der Waals surface area contributed by atoms with Gasteiger partial charge in [-0.2, -0.15) is 0 Å². The Hall–Kier alpha value is -1.05. The van der Waals surface area contributed by atoms with Crippen molar-refractivity contribution < 1.29 is 4.74 Å². The molecule has 2 heteroatoms. The van der Waals surface area contributed by atoms with Crippen molar-refractivity contribution in [2.24, 2.45) is 16.8 Å². The molecule has 0 N–H and O–H groups in total. The molecule has 0 saturated carbocycles. The summed E-state index contributed by atoms with van der Waals surface area (Å²) in [5.41, 5.74) is 1.22. The molecule has 0 aromatic heterocycles. The average molecular weight is 209 g/mol. The molecular formula is C13H23NO. The molecule has 0 rings (SSSR count). The van der Waals surface area contributed by atoms with E-state index in [-0.39, 0.29) is 0 Å². The summed E-state index contributed by atoms with van der Waals surface area (Å²) in [4.78, 5) is 3.88. The summed E-state index contributed by atoms with van der Waals surface area (Å²) in [5.74, 6) is 1.60. The zero-order chi connectivity index (χ0) is 11.8. The summed E-state index contributed by atoms with van der Waals surface area (Å²) in [6.07, 6.45) is 4.04. The molecule has 2 nitrogen and oxygen atoms in total. The Kier molecular flexibility index (Phi) is 6.76. The molecule has 0 saturated heterocycles. The molecule has 0 fully saturated rings. The van der Waals surface area contributed by atoms with Crippen LogP contribution in [0.1, 0.15) is 34.6 Å². The van der Waals surface area contributed by atoms with E-state index in [9.17, 15) is 0 Å². The maximum absolute atomic E-state index is 5.53. The molecule has 0 aliphatic heterocycles. The number of nitrogens with zero attached hydrogens (tertiary/aromatic N) is 1. The van der Waals surface area contributed by atoms with Gasteiger partial charge in [-0.1, -0.05) is 33.8 Å². The molecular weight excluding hydrogens is 186 g/mol. The second-order valence-corrected chi connectivity index (χ2v) is 4.29. The number of hydrogen-bond donors (Lipinski definition) is 0. The molecule has 0 aromatic rings. The zero-order valence-electron chi connectivity index (χ0n) is 10.6. The summed E-state index contributed by atoms with van der Waals surface area (Å²) in [5, 5.41) is 0. The lowest BCUT2D eigenvalue weighted by atomic mass is 10.0. The number of ether oxygens (including phenoxy) is 1. The van der Waals surface area contributed by atoms with Crippen LogP contribution in [0.5, 0.6) is 0 Å². The number of rotatable bonds is 6. The number of aliphatic imine (C=N–C) groups is 1. The van der Waals surface area contributed by atoms with E-state index in [4.69, 9.17) is 4.74 Å². The first kappa shape index (κ1) is 13.9. The molecule has 0 aliphatic carbocycles. The summed E-state index contributed by atoms with van der Waals surface area (Å²) in [7, 11) is 0. The standard InChI is InChI=1S/C13H23NO/c1-7-12(11(4)5)8-13(14-6)15-9-10(2)3/h7-8,10-11H,6,9H2,1-5H3/b12-7+,13-8+. The minimum Gasteiger partial charge on any atom is -0.477 e. The molecule has 0 radical (unpaired) electrons. The van der Waals surface area contributed by atoms with Crippen molar-refractivity contribution in [2.75, 3.05) is 6.61 Å². The normalized spacial score (nSPS) is 13.5. The third-order valence-corrected chi connectivity index (χ3v) is 2.01. The lowest BCUT2D eigenvalue weighted by Gasteiger charge is -2.11. The van der Waals surface area contributed by atoms with E-state index in [0.29, 0.717) is 24.3 Å². The van der Waals surface area contributed by atoms with Gasteiger partial charge >= 0.3 is 0 Å². The minimum atomic E-state index is 0.481. The summed E-state index contributed by atoms with van der Waals surface area (Å²) in [6, 6.07) is 0. The highest BCUT2D eigenvalue weighted by Gasteiger charge is 2.03. The monoisotopic (exact) mass is 209 g/mol. The molecule has 86 valence electrons. The lowest BCUT2D eigenvalue weighted by molar-refractivity contribution is 0.178. The van der Waals surface area contributed by atoms with Gasteiger partial charge in [0.05, 0.1) is 6.61 Å². The number of hydrogen-bond acceptors (Lipinski definition) is 2. The highest BCUT2D eigenvalue weighted by Crippen LogP contribution is 2.14. The molecule has 0 bridgehead atoms. The fourth-order valence-electron chi connectivity index (χ4n) is 1.11. The summed E-state index contributed by atoms with van der Waals surface area (Å²) in [6.45, 7) is 14.7. The fraction of sp³-hybridized carbons (Fsp3) is 0.615. The van der Waals surface area contributed by atoms with Crippen LogP contribution in [-0.4, -0.2) is 13.3 Å². The van der Waals surface area contributed by atoms with E-state index < -0.39 is 0 Å². The second kappa shape index (κ2) is 7.27. The predicted molar refractivity (Wildman–Crippen MR) is 67.0 cm³/mol. The molecule has 15 heavy (non-hydrogen) atoms. The van der Waals surface area contributed by atoms with Crippen LogP contribution in [0.2, 0.25) is 0 Å². The zero-order valence-corrected chi connectivity index (χ0v) is 10.6. The summed E-state index contributed by atoms with van der Waals surface area (Å²) >= 11 is 0. The first-order valence-corrected chi connectivity index (χ1v) is 5.48. The topological polar surface area (TPSA) is 21.6 Å². The van der Waals surface area contributed by atoms with Crippen LogP contribution in [0.3, 0.4) is 0 Å². The van der Waals surface area contributed by atoms with Crippen LogP contribution in [0.15, 0.2) is 28.6 Å².